The van der Waals surface area contributed by atoms with Gasteiger partial charge in [0, 0.05) is 19.2 Å². The molecule has 0 aromatic rings. The molecule has 1 saturated heterocycles. The summed E-state index contributed by atoms with van der Waals surface area (Å²) in [5.41, 5.74) is 0.0365. The number of nitrogens with one attached hydrogen (secondary N) is 1. The van der Waals surface area contributed by atoms with Gasteiger partial charge >= 0.3 is 0 Å². The van der Waals surface area contributed by atoms with Crippen LogP contribution in [0.2, 0.25) is 0 Å². The molecule has 0 aromatic carbocycles. The molecule has 3 nitrogen and oxygen atoms in total. The molecule has 1 unspecified atom stereocenters. The Morgan fingerprint density at radius 1 is 1.47 bits per heavy atom. The largest absolute Gasteiger partial charge is 0.377 e. The van der Waals surface area contributed by atoms with Crippen molar-refractivity contribution in [2.24, 2.45) is 0 Å². The van der Waals surface area contributed by atoms with E-state index in [1.807, 2.05) is 0 Å². The quantitative estimate of drug-likeness (QED) is 0.711. The van der Waals surface area contributed by atoms with Gasteiger partial charge in [-0.15, -0.1) is 0 Å². The van der Waals surface area contributed by atoms with Crippen LogP contribution >= 0.6 is 0 Å². The molecule has 0 aliphatic carbocycles. The molecule has 1 aliphatic heterocycles. The third kappa shape index (κ3) is 5.50. The van der Waals surface area contributed by atoms with E-state index in [1.165, 1.54) is 0 Å². The third-order valence-corrected chi connectivity index (χ3v) is 2.68. The standard InChI is InChI=1S/C12H25NO2/c1-10(2)14-8-6-13-11-5-7-15-12(3,4)9-11/h10-11,13H,5-9H2,1-4H3. The van der Waals surface area contributed by atoms with Crippen molar-refractivity contribution in [3.8, 4) is 0 Å². The van der Waals surface area contributed by atoms with Gasteiger partial charge in [0.15, 0.2) is 0 Å². The topological polar surface area (TPSA) is 30.5 Å². The molecule has 1 aliphatic rings. The van der Waals surface area contributed by atoms with Gasteiger partial charge in [-0.1, -0.05) is 0 Å². The van der Waals surface area contributed by atoms with Crippen LogP contribution in [0.3, 0.4) is 0 Å². The minimum atomic E-state index is 0.0365. The van der Waals surface area contributed by atoms with Crippen LogP contribution in [0, 0.1) is 0 Å². The van der Waals surface area contributed by atoms with E-state index in [-0.39, 0.29) is 5.60 Å². The van der Waals surface area contributed by atoms with Gasteiger partial charge in [-0.3, -0.25) is 0 Å². The van der Waals surface area contributed by atoms with Gasteiger partial charge in [-0.25, -0.2) is 0 Å². The summed E-state index contributed by atoms with van der Waals surface area (Å²) in [5.74, 6) is 0. The van der Waals surface area contributed by atoms with Gasteiger partial charge < -0.3 is 14.8 Å². The summed E-state index contributed by atoms with van der Waals surface area (Å²) in [5, 5.41) is 3.53. The molecule has 0 radical (unpaired) electrons. The maximum absolute atomic E-state index is 5.67. The van der Waals surface area contributed by atoms with Crippen LogP contribution in [0.15, 0.2) is 0 Å². The van der Waals surface area contributed by atoms with E-state index < -0.39 is 0 Å². The van der Waals surface area contributed by atoms with Crippen LogP contribution in [0.5, 0.6) is 0 Å². The SMILES string of the molecule is CC(C)OCCNC1CCOC(C)(C)C1. The van der Waals surface area contributed by atoms with Crippen LogP contribution in [-0.4, -0.2) is 37.5 Å². The van der Waals surface area contributed by atoms with Crippen LogP contribution in [0.25, 0.3) is 0 Å². The van der Waals surface area contributed by atoms with Crippen molar-refractivity contribution < 1.29 is 9.47 Å². The van der Waals surface area contributed by atoms with Crippen LogP contribution in [0.4, 0.5) is 0 Å². The smallest absolute Gasteiger partial charge is 0.0641 e. The zero-order valence-corrected chi connectivity index (χ0v) is 10.5. The Morgan fingerprint density at radius 3 is 2.80 bits per heavy atom. The van der Waals surface area contributed by atoms with E-state index in [9.17, 15) is 0 Å². The summed E-state index contributed by atoms with van der Waals surface area (Å²) >= 11 is 0. The molecule has 15 heavy (non-hydrogen) atoms. The molecule has 0 aromatic heterocycles. The molecule has 0 bridgehead atoms. The van der Waals surface area contributed by atoms with E-state index in [4.69, 9.17) is 9.47 Å². The highest BCUT2D eigenvalue weighted by atomic mass is 16.5. The first-order valence-corrected chi connectivity index (χ1v) is 5.98. The fourth-order valence-electron chi connectivity index (χ4n) is 1.96. The highest BCUT2D eigenvalue weighted by Crippen LogP contribution is 2.23. The number of rotatable bonds is 5. The second-order valence-corrected chi connectivity index (χ2v) is 5.17. The molecule has 90 valence electrons. The lowest BCUT2D eigenvalue weighted by molar-refractivity contribution is -0.0636. The van der Waals surface area contributed by atoms with Gasteiger partial charge in [0.2, 0.25) is 0 Å². The fourth-order valence-corrected chi connectivity index (χ4v) is 1.96. The predicted molar refractivity (Wildman–Crippen MR) is 62.1 cm³/mol. The highest BCUT2D eigenvalue weighted by molar-refractivity contribution is 4.82. The Morgan fingerprint density at radius 2 is 2.20 bits per heavy atom. The first-order chi connectivity index (χ1) is 6.99. The minimum absolute atomic E-state index is 0.0365. The van der Waals surface area contributed by atoms with Gasteiger partial charge in [-0.05, 0) is 40.5 Å². The summed E-state index contributed by atoms with van der Waals surface area (Å²) in [7, 11) is 0. The number of hydrogen-bond acceptors (Lipinski definition) is 3. The zero-order chi connectivity index (χ0) is 11.3. The molecular formula is C12H25NO2. The molecule has 1 fully saturated rings. The Labute approximate surface area is 93.5 Å². The number of hydrogen-bond donors (Lipinski definition) is 1. The third-order valence-electron chi connectivity index (χ3n) is 2.68. The van der Waals surface area contributed by atoms with Crippen molar-refractivity contribution in [1.82, 2.24) is 5.32 Å². The van der Waals surface area contributed by atoms with E-state index in [2.05, 4.69) is 33.0 Å². The van der Waals surface area contributed by atoms with Crippen molar-refractivity contribution >= 4 is 0 Å². The lowest BCUT2D eigenvalue weighted by Crippen LogP contribution is -2.44. The highest BCUT2D eigenvalue weighted by Gasteiger charge is 2.28. The van der Waals surface area contributed by atoms with Crippen molar-refractivity contribution in [2.75, 3.05) is 19.8 Å². The molecule has 1 N–H and O–H groups in total. The van der Waals surface area contributed by atoms with Gasteiger partial charge in [0.1, 0.15) is 0 Å². The summed E-state index contributed by atoms with van der Waals surface area (Å²) in [6, 6.07) is 0.588. The molecule has 1 rings (SSSR count). The van der Waals surface area contributed by atoms with Crippen molar-refractivity contribution in [2.45, 2.75) is 58.3 Å². The summed E-state index contributed by atoms with van der Waals surface area (Å²) in [4.78, 5) is 0. The maximum Gasteiger partial charge on any atom is 0.0641 e. The normalized spacial score (nSPS) is 25.8. The summed E-state index contributed by atoms with van der Waals surface area (Å²) in [6.45, 7) is 11.1. The van der Waals surface area contributed by atoms with Crippen LogP contribution < -0.4 is 5.32 Å². The zero-order valence-electron chi connectivity index (χ0n) is 10.5. The van der Waals surface area contributed by atoms with Gasteiger partial charge in [0.25, 0.3) is 0 Å². The van der Waals surface area contributed by atoms with Crippen molar-refractivity contribution in [3.63, 3.8) is 0 Å². The first kappa shape index (κ1) is 12.9. The van der Waals surface area contributed by atoms with Crippen molar-refractivity contribution in [3.05, 3.63) is 0 Å². The molecule has 1 atom stereocenters. The maximum atomic E-state index is 5.67. The van der Waals surface area contributed by atoms with E-state index in [1.54, 1.807) is 0 Å². The second kappa shape index (κ2) is 5.83. The van der Waals surface area contributed by atoms with E-state index in [0.717, 1.165) is 32.6 Å². The summed E-state index contributed by atoms with van der Waals surface area (Å²) in [6.07, 6.45) is 2.54. The predicted octanol–water partition coefficient (Wildman–Crippen LogP) is 1.96. The average molecular weight is 215 g/mol. The Balaban J connectivity index is 2.11. The lowest BCUT2D eigenvalue weighted by atomic mass is 9.94. The van der Waals surface area contributed by atoms with Crippen molar-refractivity contribution in [1.29, 1.82) is 0 Å². The first-order valence-electron chi connectivity index (χ1n) is 5.98. The molecular weight excluding hydrogens is 190 g/mol. The fraction of sp³-hybridized carbons (Fsp3) is 1.00. The Kier molecular flexibility index (Phi) is 5.03. The molecule has 3 heteroatoms. The molecule has 0 spiro atoms. The lowest BCUT2D eigenvalue weighted by Gasteiger charge is -2.36. The second-order valence-electron chi connectivity index (χ2n) is 5.17. The Hall–Kier alpha value is -0.120. The molecule has 0 amide bonds. The van der Waals surface area contributed by atoms with Gasteiger partial charge in [0.05, 0.1) is 18.3 Å². The summed E-state index contributed by atoms with van der Waals surface area (Å²) < 4.78 is 11.2. The van der Waals surface area contributed by atoms with E-state index in [0.29, 0.717) is 12.1 Å². The van der Waals surface area contributed by atoms with Gasteiger partial charge in [-0.2, -0.15) is 0 Å². The average Bonchev–Trinajstić information content (AvgIpc) is 2.10. The monoisotopic (exact) mass is 215 g/mol. The van der Waals surface area contributed by atoms with Crippen LogP contribution in [-0.2, 0) is 9.47 Å². The minimum Gasteiger partial charge on any atom is -0.377 e. The number of ether oxygens (including phenoxy) is 2. The molecule has 0 saturated carbocycles. The van der Waals surface area contributed by atoms with E-state index >= 15 is 0 Å². The Bertz CT molecular complexity index is 180. The van der Waals surface area contributed by atoms with Crippen LogP contribution in [0.1, 0.15) is 40.5 Å². The molecule has 1 heterocycles.